The summed E-state index contributed by atoms with van der Waals surface area (Å²) in [5.74, 6) is 0.605. The fourth-order valence-electron chi connectivity index (χ4n) is 2.04. The average molecular weight is 307 g/mol. The lowest BCUT2D eigenvalue weighted by atomic mass is 10.1. The van der Waals surface area contributed by atoms with Crippen LogP contribution in [0.15, 0.2) is 12.5 Å². The second-order valence-electron chi connectivity index (χ2n) is 5.76. The molecular formula is C14H21N5OS. The number of nitrogens with one attached hydrogen (secondary N) is 1. The smallest absolute Gasteiger partial charge is 0.265 e. The molecule has 2 rings (SSSR count). The summed E-state index contributed by atoms with van der Waals surface area (Å²) in [6.07, 6.45) is 3.59. The van der Waals surface area contributed by atoms with Gasteiger partial charge in [0.25, 0.3) is 5.91 Å². The highest BCUT2D eigenvalue weighted by Gasteiger charge is 2.18. The van der Waals surface area contributed by atoms with Gasteiger partial charge < -0.3 is 9.88 Å². The predicted octanol–water partition coefficient (Wildman–Crippen LogP) is 2.44. The van der Waals surface area contributed by atoms with Crippen LogP contribution in [0.5, 0.6) is 0 Å². The second-order valence-corrected chi connectivity index (χ2v) is 6.51. The minimum absolute atomic E-state index is 0.119. The summed E-state index contributed by atoms with van der Waals surface area (Å²) in [7, 11) is 0. The molecule has 0 bridgehead atoms. The molecule has 0 radical (unpaired) electrons. The van der Waals surface area contributed by atoms with Crippen LogP contribution in [0.1, 0.15) is 54.7 Å². The van der Waals surface area contributed by atoms with Crippen LogP contribution in [-0.2, 0) is 13.1 Å². The summed E-state index contributed by atoms with van der Waals surface area (Å²) in [6, 6.07) is 0. The number of nitrogens with zero attached hydrogens (tertiary/aromatic N) is 4. The van der Waals surface area contributed by atoms with E-state index in [0.29, 0.717) is 17.3 Å². The number of hydrogen-bond donors (Lipinski definition) is 1. The Morgan fingerprint density at radius 3 is 2.81 bits per heavy atom. The zero-order chi connectivity index (χ0) is 15.4. The van der Waals surface area contributed by atoms with E-state index in [-0.39, 0.29) is 11.8 Å². The lowest BCUT2D eigenvalue weighted by Gasteiger charge is -2.11. The first-order valence-corrected chi connectivity index (χ1v) is 7.85. The van der Waals surface area contributed by atoms with Crippen LogP contribution in [0, 0.1) is 5.92 Å². The van der Waals surface area contributed by atoms with E-state index < -0.39 is 0 Å². The number of carbonyl (C=O) groups is 1. The molecule has 0 saturated carbocycles. The Hall–Kier alpha value is -1.76. The van der Waals surface area contributed by atoms with E-state index in [0.717, 1.165) is 29.5 Å². The summed E-state index contributed by atoms with van der Waals surface area (Å²) in [5, 5.41) is 6.96. The van der Waals surface area contributed by atoms with Crippen LogP contribution < -0.4 is 5.32 Å². The van der Waals surface area contributed by atoms with Crippen molar-refractivity contribution < 1.29 is 4.79 Å². The third-order valence-corrected chi connectivity index (χ3v) is 3.80. The largest absolute Gasteiger partial charge is 0.346 e. The lowest BCUT2D eigenvalue weighted by Crippen LogP contribution is -2.25. The minimum Gasteiger partial charge on any atom is -0.346 e. The van der Waals surface area contributed by atoms with Crippen molar-refractivity contribution in [2.45, 2.75) is 46.7 Å². The van der Waals surface area contributed by atoms with Crippen LogP contribution in [0.2, 0.25) is 0 Å². The predicted molar refractivity (Wildman–Crippen MR) is 82.2 cm³/mol. The molecule has 0 aliphatic heterocycles. The van der Waals surface area contributed by atoms with E-state index in [1.165, 1.54) is 0 Å². The Bertz CT molecular complexity index is 602. The van der Waals surface area contributed by atoms with E-state index in [1.54, 1.807) is 12.5 Å². The molecule has 0 aliphatic rings. The molecule has 0 fully saturated rings. The molecule has 21 heavy (non-hydrogen) atoms. The van der Waals surface area contributed by atoms with Gasteiger partial charge in [-0.15, -0.1) is 5.10 Å². The van der Waals surface area contributed by atoms with Gasteiger partial charge in [-0.25, -0.2) is 4.98 Å². The molecule has 2 heterocycles. The molecule has 6 nitrogen and oxygen atoms in total. The lowest BCUT2D eigenvalue weighted by molar-refractivity contribution is 0.0952. The fraction of sp³-hybridized carbons (Fsp3) is 0.571. The monoisotopic (exact) mass is 307 g/mol. The third kappa shape index (κ3) is 3.87. The van der Waals surface area contributed by atoms with Crippen molar-refractivity contribution >= 4 is 17.4 Å². The number of carbonyl (C=O) groups excluding carboxylic acids is 1. The maximum atomic E-state index is 12.2. The van der Waals surface area contributed by atoms with E-state index in [9.17, 15) is 4.79 Å². The number of imidazole rings is 1. The highest BCUT2D eigenvalue weighted by Crippen LogP contribution is 2.19. The van der Waals surface area contributed by atoms with Crippen molar-refractivity contribution in [2.24, 2.45) is 5.92 Å². The Morgan fingerprint density at radius 2 is 2.14 bits per heavy atom. The number of rotatable bonds is 6. The second kappa shape index (κ2) is 6.80. The van der Waals surface area contributed by atoms with Crippen molar-refractivity contribution in [3.05, 3.63) is 28.8 Å². The van der Waals surface area contributed by atoms with Crippen LogP contribution in [0.25, 0.3) is 0 Å². The summed E-state index contributed by atoms with van der Waals surface area (Å²) in [4.78, 5) is 17.0. The molecule has 1 amide bonds. The van der Waals surface area contributed by atoms with Gasteiger partial charge in [-0.3, -0.25) is 4.79 Å². The highest BCUT2D eigenvalue weighted by molar-refractivity contribution is 7.08. The first-order chi connectivity index (χ1) is 9.99. The van der Waals surface area contributed by atoms with Gasteiger partial charge in [0, 0.05) is 12.7 Å². The van der Waals surface area contributed by atoms with Crippen molar-refractivity contribution in [3.8, 4) is 0 Å². The molecule has 0 aliphatic carbocycles. The van der Waals surface area contributed by atoms with Crippen LogP contribution in [0.4, 0.5) is 0 Å². The SMILES string of the molecule is CC(C)Cn1cncc1CNC(=O)c1snnc1C(C)C. The number of amides is 1. The molecule has 0 atom stereocenters. The minimum atomic E-state index is -0.119. The summed E-state index contributed by atoms with van der Waals surface area (Å²) in [6.45, 7) is 9.67. The van der Waals surface area contributed by atoms with Gasteiger partial charge in [-0.1, -0.05) is 32.2 Å². The van der Waals surface area contributed by atoms with Crippen molar-refractivity contribution in [1.82, 2.24) is 24.5 Å². The van der Waals surface area contributed by atoms with Crippen molar-refractivity contribution in [3.63, 3.8) is 0 Å². The van der Waals surface area contributed by atoms with Crippen LogP contribution >= 0.6 is 11.5 Å². The first kappa shape index (κ1) is 15.6. The zero-order valence-electron chi connectivity index (χ0n) is 12.8. The quantitative estimate of drug-likeness (QED) is 0.889. The van der Waals surface area contributed by atoms with E-state index in [1.807, 2.05) is 13.8 Å². The normalized spacial score (nSPS) is 11.3. The van der Waals surface area contributed by atoms with Gasteiger partial charge in [-0.2, -0.15) is 0 Å². The van der Waals surface area contributed by atoms with Crippen LogP contribution in [-0.4, -0.2) is 25.0 Å². The van der Waals surface area contributed by atoms with Gasteiger partial charge in [0.15, 0.2) is 0 Å². The Morgan fingerprint density at radius 1 is 1.38 bits per heavy atom. The molecule has 1 N–H and O–H groups in total. The molecule has 0 spiro atoms. The topological polar surface area (TPSA) is 72.7 Å². The first-order valence-electron chi connectivity index (χ1n) is 7.08. The molecular weight excluding hydrogens is 286 g/mol. The molecule has 0 aromatic carbocycles. The Labute approximate surface area is 128 Å². The standard InChI is InChI=1S/C14H21N5OS/c1-9(2)7-19-8-15-5-11(19)6-16-14(20)13-12(10(3)4)17-18-21-13/h5,8-10H,6-7H2,1-4H3,(H,16,20). The molecule has 0 unspecified atom stereocenters. The summed E-state index contributed by atoms with van der Waals surface area (Å²) < 4.78 is 5.95. The van der Waals surface area contributed by atoms with Gasteiger partial charge >= 0.3 is 0 Å². The fourth-order valence-corrected chi connectivity index (χ4v) is 2.77. The van der Waals surface area contributed by atoms with Gasteiger partial charge in [-0.05, 0) is 23.4 Å². The summed E-state index contributed by atoms with van der Waals surface area (Å²) in [5.41, 5.74) is 1.76. The highest BCUT2D eigenvalue weighted by atomic mass is 32.1. The Kier molecular flexibility index (Phi) is 5.06. The molecule has 114 valence electrons. The maximum Gasteiger partial charge on any atom is 0.265 e. The summed E-state index contributed by atoms with van der Waals surface area (Å²) >= 11 is 1.14. The molecule has 0 saturated heterocycles. The van der Waals surface area contributed by atoms with E-state index >= 15 is 0 Å². The van der Waals surface area contributed by atoms with Gasteiger partial charge in [0.05, 0.1) is 24.3 Å². The zero-order valence-corrected chi connectivity index (χ0v) is 13.6. The molecule has 2 aromatic rings. The van der Waals surface area contributed by atoms with Crippen LogP contribution in [0.3, 0.4) is 0 Å². The van der Waals surface area contributed by atoms with Gasteiger partial charge in [0.2, 0.25) is 0 Å². The van der Waals surface area contributed by atoms with E-state index in [2.05, 4.69) is 38.3 Å². The maximum absolute atomic E-state index is 12.2. The van der Waals surface area contributed by atoms with Gasteiger partial charge in [0.1, 0.15) is 4.88 Å². The molecule has 2 aromatic heterocycles. The average Bonchev–Trinajstić information content (AvgIpc) is 3.03. The third-order valence-electron chi connectivity index (χ3n) is 3.06. The van der Waals surface area contributed by atoms with Crippen molar-refractivity contribution in [2.75, 3.05) is 0 Å². The molecule has 7 heteroatoms. The van der Waals surface area contributed by atoms with E-state index in [4.69, 9.17) is 0 Å². The number of aromatic nitrogens is 4. The number of hydrogen-bond acceptors (Lipinski definition) is 5. The Balaban J connectivity index is 2.01. The van der Waals surface area contributed by atoms with Crippen molar-refractivity contribution in [1.29, 1.82) is 0 Å².